The van der Waals surface area contributed by atoms with Gasteiger partial charge in [-0.3, -0.25) is 0 Å². The summed E-state index contributed by atoms with van der Waals surface area (Å²) in [4.78, 5) is 11.8. The van der Waals surface area contributed by atoms with Crippen molar-refractivity contribution in [1.29, 1.82) is 0 Å². The van der Waals surface area contributed by atoms with Crippen LogP contribution in [0.4, 0.5) is 0 Å². The van der Waals surface area contributed by atoms with Crippen LogP contribution in [0, 0.1) is 13.8 Å². The van der Waals surface area contributed by atoms with E-state index in [1.165, 1.54) is 11.1 Å². The molecule has 0 atom stereocenters. The van der Waals surface area contributed by atoms with Crippen LogP contribution in [-0.2, 0) is 11.2 Å². The molecule has 3 heteroatoms. The van der Waals surface area contributed by atoms with Gasteiger partial charge in [-0.1, -0.05) is 43.2 Å². The van der Waals surface area contributed by atoms with Crippen molar-refractivity contribution in [3.8, 4) is 11.5 Å². The fraction of sp³-hybridized carbons (Fsp3) is 0.316. The second-order valence-electron chi connectivity index (χ2n) is 5.43. The number of rotatable bonds is 6. The Hall–Kier alpha value is -2.29. The van der Waals surface area contributed by atoms with E-state index in [1.54, 1.807) is 0 Å². The summed E-state index contributed by atoms with van der Waals surface area (Å²) in [6.07, 6.45) is 2.13. The van der Waals surface area contributed by atoms with E-state index < -0.39 is 5.97 Å². The highest BCUT2D eigenvalue weighted by atomic mass is 16.6. The maximum Gasteiger partial charge on any atom is 0.349 e. The molecule has 0 N–H and O–H groups in total. The van der Waals surface area contributed by atoms with Gasteiger partial charge in [0.2, 0.25) is 0 Å². The molecule has 3 nitrogen and oxygen atoms in total. The molecule has 22 heavy (non-hydrogen) atoms. The Balaban J connectivity index is 1.87. The van der Waals surface area contributed by atoms with Crippen molar-refractivity contribution in [2.45, 2.75) is 33.6 Å². The highest BCUT2D eigenvalue weighted by Crippen LogP contribution is 2.19. The first-order valence-electron chi connectivity index (χ1n) is 7.58. The number of ether oxygens (including phenoxy) is 2. The summed E-state index contributed by atoms with van der Waals surface area (Å²) in [6.45, 7) is 6.02. The summed E-state index contributed by atoms with van der Waals surface area (Å²) in [6, 6.07) is 13.5. The number of benzene rings is 2. The molecule has 2 rings (SSSR count). The van der Waals surface area contributed by atoms with Gasteiger partial charge in [0.15, 0.2) is 6.61 Å². The number of carbonyl (C=O) groups excluding carboxylic acids is 1. The van der Waals surface area contributed by atoms with Gasteiger partial charge in [0.05, 0.1) is 0 Å². The van der Waals surface area contributed by atoms with Crippen LogP contribution in [0.15, 0.2) is 42.5 Å². The first kappa shape index (κ1) is 16.1. The van der Waals surface area contributed by atoms with Gasteiger partial charge in [-0.2, -0.15) is 0 Å². The summed E-state index contributed by atoms with van der Waals surface area (Å²) >= 11 is 0. The predicted molar refractivity (Wildman–Crippen MR) is 87.5 cm³/mol. The molecule has 0 saturated heterocycles. The van der Waals surface area contributed by atoms with Crippen LogP contribution in [0.25, 0.3) is 0 Å². The average Bonchev–Trinajstić information content (AvgIpc) is 2.49. The van der Waals surface area contributed by atoms with Gasteiger partial charge in [0, 0.05) is 0 Å². The second-order valence-corrected chi connectivity index (χ2v) is 5.43. The summed E-state index contributed by atoms with van der Waals surface area (Å²) in [5.74, 6) is 0.859. The molecule has 0 aliphatic heterocycles. The quantitative estimate of drug-likeness (QED) is 0.591. The van der Waals surface area contributed by atoms with Crippen molar-refractivity contribution >= 4 is 5.97 Å². The zero-order valence-electron chi connectivity index (χ0n) is 13.4. The average molecular weight is 298 g/mol. The highest BCUT2D eigenvalue weighted by molar-refractivity contribution is 5.74. The topological polar surface area (TPSA) is 35.5 Å². The van der Waals surface area contributed by atoms with Crippen molar-refractivity contribution < 1.29 is 14.3 Å². The van der Waals surface area contributed by atoms with Crippen LogP contribution in [0.3, 0.4) is 0 Å². The fourth-order valence-corrected chi connectivity index (χ4v) is 2.27. The SMILES string of the molecule is CCCc1ccc(OC(=O)COc2ccc(C)cc2C)cc1. The van der Waals surface area contributed by atoms with Crippen LogP contribution >= 0.6 is 0 Å². The molecule has 0 unspecified atom stereocenters. The van der Waals surface area contributed by atoms with E-state index in [9.17, 15) is 4.79 Å². The van der Waals surface area contributed by atoms with Crippen LogP contribution in [0.5, 0.6) is 11.5 Å². The van der Waals surface area contributed by atoms with E-state index in [-0.39, 0.29) is 6.61 Å². The molecule has 0 heterocycles. The molecule has 116 valence electrons. The Bertz CT molecular complexity index is 630. The molecule has 2 aromatic carbocycles. The molecule has 0 fully saturated rings. The number of aryl methyl sites for hydroxylation is 3. The van der Waals surface area contributed by atoms with E-state index >= 15 is 0 Å². The fourth-order valence-electron chi connectivity index (χ4n) is 2.27. The minimum Gasteiger partial charge on any atom is -0.482 e. The molecule has 0 bridgehead atoms. The van der Waals surface area contributed by atoms with Gasteiger partial charge in [0.1, 0.15) is 11.5 Å². The number of carbonyl (C=O) groups is 1. The molecular weight excluding hydrogens is 276 g/mol. The van der Waals surface area contributed by atoms with Crippen molar-refractivity contribution in [3.63, 3.8) is 0 Å². The predicted octanol–water partition coefficient (Wildman–Crippen LogP) is 4.24. The summed E-state index contributed by atoms with van der Waals surface area (Å²) < 4.78 is 10.8. The van der Waals surface area contributed by atoms with Crippen LogP contribution in [0.1, 0.15) is 30.0 Å². The van der Waals surface area contributed by atoms with Gasteiger partial charge < -0.3 is 9.47 Å². The lowest BCUT2D eigenvalue weighted by atomic mass is 10.1. The molecular formula is C19H22O3. The van der Waals surface area contributed by atoms with Crippen LogP contribution in [0.2, 0.25) is 0 Å². The van der Waals surface area contributed by atoms with Gasteiger partial charge in [0.25, 0.3) is 0 Å². The maximum absolute atomic E-state index is 11.8. The lowest BCUT2D eigenvalue weighted by Gasteiger charge is -2.10. The molecule has 0 aliphatic rings. The van der Waals surface area contributed by atoms with E-state index in [0.717, 1.165) is 18.4 Å². The minimum absolute atomic E-state index is 0.0966. The largest absolute Gasteiger partial charge is 0.482 e. The molecule has 0 amide bonds. The number of hydrogen-bond donors (Lipinski definition) is 0. The van der Waals surface area contributed by atoms with Crippen LogP contribution in [-0.4, -0.2) is 12.6 Å². The Morgan fingerprint density at radius 2 is 1.77 bits per heavy atom. The van der Waals surface area contributed by atoms with E-state index in [0.29, 0.717) is 11.5 Å². The Labute approximate surface area is 131 Å². The van der Waals surface area contributed by atoms with Gasteiger partial charge in [-0.15, -0.1) is 0 Å². The van der Waals surface area contributed by atoms with Gasteiger partial charge >= 0.3 is 5.97 Å². The highest BCUT2D eigenvalue weighted by Gasteiger charge is 2.07. The van der Waals surface area contributed by atoms with E-state index in [2.05, 4.69) is 6.92 Å². The molecule has 0 aliphatic carbocycles. The minimum atomic E-state index is -0.400. The first-order valence-corrected chi connectivity index (χ1v) is 7.58. The third-order valence-electron chi connectivity index (χ3n) is 3.37. The second kappa shape index (κ2) is 7.64. The molecule has 0 spiro atoms. The summed E-state index contributed by atoms with van der Waals surface area (Å²) in [5.41, 5.74) is 3.42. The molecule has 0 radical (unpaired) electrons. The zero-order chi connectivity index (χ0) is 15.9. The lowest BCUT2D eigenvalue weighted by molar-refractivity contribution is -0.136. The van der Waals surface area contributed by atoms with Crippen molar-refractivity contribution in [3.05, 3.63) is 59.2 Å². The standard InChI is InChI=1S/C19H22O3/c1-4-5-16-7-9-17(10-8-16)22-19(20)13-21-18-11-6-14(2)12-15(18)3/h6-12H,4-5,13H2,1-3H3. The normalized spacial score (nSPS) is 10.3. The van der Waals surface area contributed by atoms with Crippen molar-refractivity contribution in [2.75, 3.05) is 6.61 Å². The van der Waals surface area contributed by atoms with Gasteiger partial charge in [-0.05, 0) is 49.6 Å². The van der Waals surface area contributed by atoms with Crippen molar-refractivity contribution in [2.24, 2.45) is 0 Å². The lowest BCUT2D eigenvalue weighted by Crippen LogP contribution is -2.18. The van der Waals surface area contributed by atoms with E-state index in [4.69, 9.17) is 9.47 Å². The maximum atomic E-state index is 11.8. The first-order chi connectivity index (χ1) is 10.6. The van der Waals surface area contributed by atoms with Crippen molar-refractivity contribution in [1.82, 2.24) is 0 Å². The third-order valence-corrected chi connectivity index (χ3v) is 3.37. The summed E-state index contributed by atoms with van der Waals surface area (Å²) in [5, 5.41) is 0. The van der Waals surface area contributed by atoms with Gasteiger partial charge in [-0.25, -0.2) is 4.79 Å². The van der Waals surface area contributed by atoms with Crippen LogP contribution < -0.4 is 9.47 Å². The Morgan fingerprint density at radius 1 is 1.05 bits per heavy atom. The Morgan fingerprint density at radius 3 is 2.41 bits per heavy atom. The molecule has 2 aromatic rings. The van der Waals surface area contributed by atoms with E-state index in [1.807, 2.05) is 56.3 Å². The number of esters is 1. The number of hydrogen-bond acceptors (Lipinski definition) is 3. The molecule has 0 aromatic heterocycles. The monoisotopic (exact) mass is 298 g/mol. The summed E-state index contributed by atoms with van der Waals surface area (Å²) in [7, 11) is 0. The zero-order valence-corrected chi connectivity index (χ0v) is 13.4. The Kier molecular flexibility index (Phi) is 5.59. The molecule has 0 saturated carbocycles. The third kappa shape index (κ3) is 4.62. The smallest absolute Gasteiger partial charge is 0.349 e.